The van der Waals surface area contributed by atoms with Crippen molar-refractivity contribution >= 4 is 21.5 Å². The molecule has 174 valence electrons. The Bertz CT molecular complexity index is 1240. The molecule has 1 aliphatic rings. The molecule has 1 atom stereocenters. The van der Waals surface area contributed by atoms with Crippen LogP contribution in [0.1, 0.15) is 18.4 Å². The molecule has 2 heterocycles. The number of aromatic nitrogens is 1. The number of nitrogens with zero attached hydrogens (tertiary/aromatic N) is 3. The fraction of sp³-hybridized carbons (Fsp3) is 0.320. The predicted molar refractivity (Wildman–Crippen MR) is 130 cm³/mol. The van der Waals surface area contributed by atoms with Gasteiger partial charge in [-0.1, -0.05) is 18.2 Å². The lowest BCUT2D eigenvalue weighted by Crippen LogP contribution is -2.43. The van der Waals surface area contributed by atoms with Crippen molar-refractivity contribution in [3.8, 4) is 17.0 Å². The zero-order valence-corrected chi connectivity index (χ0v) is 19.9. The lowest BCUT2D eigenvalue weighted by molar-refractivity contribution is 0.172. The van der Waals surface area contributed by atoms with E-state index in [2.05, 4.69) is 0 Å². The second-order valence-electron chi connectivity index (χ2n) is 8.42. The van der Waals surface area contributed by atoms with E-state index in [4.69, 9.17) is 9.72 Å². The molecule has 33 heavy (non-hydrogen) atoms. The summed E-state index contributed by atoms with van der Waals surface area (Å²) in [7, 11) is 0.0379. The van der Waals surface area contributed by atoms with Crippen LogP contribution in [0, 0.1) is 6.92 Å². The van der Waals surface area contributed by atoms with Crippen LogP contribution >= 0.6 is 0 Å². The maximum atomic E-state index is 13.7. The highest BCUT2D eigenvalue weighted by Crippen LogP contribution is 2.40. The Morgan fingerprint density at radius 1 is 1.12 bits per heavy atom. The van der Waals surface area contributed by atoms with Crippen LogP contribution < -0.4 is 13.9 Å². The number of ether oxygens (including phenoxy) is 1. The van der Waals surface area contributed by atoms with Gasteiger partial charge in [0.2, 0.25) is 0 Å². The number of anilines is 2. The highest BCUT2D eigenvalue weighted by molar-refractivity contribution is 7.92. The maximum absolute atomic E-state index is 13.7. The molecule has 2 aromatic carbocycles. The summed E-state index contributed by atoms with van der Waals surface area (Å²) in [6, 6.07) is 18.2. The summed E-state index contributed by atoms with van der Waals surface area (Å²) in [6.07, 6.45) is 0.757. The van der Waals surface area contributed by atoms with Crippen LogP contribution in [-0.2, 0) is 10.0 Å². The molecule has 1 aromatic heterocycles. The molecular weight excluding hydrogens is 438 g/mol. The smallest absolute Gasteiger partial charge is 0.264 e. The molecule has 0 amide bonds. The summed E-state index contributed by atoms with van der Waals surface area (Å²) in [5.41, 5.74) is 2.92. The van der Waals surface area contributed by atoms with E-state index in [-0.39, 0.29) is 24.2 Å². The number of benzene rings is 2. The predicted octanol–water partition coefficient (Wildman–Crippen LogP) is 3.85. The topological polar surface area (TPSA) is 83.0 Å². The third-order valence-corrected chi connectivity index (χ3v) is 7.42. The SMILES string of the molecule is Cc1cccc(S(=O)(=O)N2C[C@H](CCCO)Oc3ccc(-c4cccc(N(C)C)n4)cc32)c1. The van der Waals surface area contributed by atoms with E-state index in [1.807, 2.05) is 62.3 Å². The quantitative estimate of drug-likeness (QED) is 0.568. The molecule has 0 fully saturated rings. The summed E-state index contributed by atoms with van der Waals surface area (Å²) in [6.45, 7) is 2.08. The van der Waals surface area contributed by atoms with Crippen LogP contribution in [0.3, 0.4) is 0 Å². The summed E-state index contributed by atoms with van der Waals surface area (Å²) >= 11 is 0. The third kappa shape index (κ3) is 4.82. The van der Waals surface area contributed by atoms with Gasteiger partial charge >= 0.3 is 0 Å². The summed E-state index contributed by atoms with van der Waals surface area (Å²) in [4.78, 5) is 6.86. The van der Waals surface area contributed by atoms with E-state index in [9.17, 15) is 13.5 Å². The number of hydrogen-bond acceptors (Lipinski definition) is 6. The molecule has 0 saturated heterocycles. The fourth-order valence-electron chi connectivity index (χ4n) is 3.90. The van der Waals surface area contributed by atoms with Crippen LogP contribution in [-0.4, -0.2) is 51.9 Å². The number of rotatable bonds is 7. The average molecular weight is 468 g/mol. The standard InChI is InChI=1S/C25H29N3O4S/c1-18-7-4-9-21(15-18)33(30,31)28-17-20(8-6-14-29)32-24-13-12-19(16-23(24)28)22-10-5-11-25(26-22)27(2)3/h4-5,7,9-13,15-16,20,29H,6,8,14,17H2,1-3H3/t20-/m0/s1. The minimum absolute atomic E-state index is 0.0319. The lowest BCUT2D eigenvalue weighted by Gasteiger charge is -2.36. The van der Waals surface area contributed by atoms with Gasteiger partial charge in [0.1, 0.15) is 17.7 Å². The Balaban J connectivity index is 1.80. The first-order valence-corrected chi connectivity index (χ1v) is 12.4. The van der Waals surface area contributed by atoms with Crippen LogP contribution in [0.4, 0.5) is 11.5 Å². The molecule has 4 rings (SSSR count). The summed E-state index contributed by atoms with van der Waals surface area (Å²) in [5, 5.41) is 9.25. The van der Waals surface area contributed by atoms with Crippen LogP contribution in [0.15, 0.2) is 65.6 Å². The monoisotopic (exact) mass is 467 g/mol. The molecular formula is C25H29N3O4S. The number of aryl methyl sites for hydroxylation is 1. The Morgan fingerprint density at radius 2 is 1.91 bits per heavy atom. The summed E-state index contributed by atoms with van der Waals surface area (Å²) in [5.74, 6) is 1.32. The highest BCUT2D eigenvalue weighted by Gasteiger charge is 2.34. The molecule has 0 spiro atoms. The molecule has 0 bridgehead atoms. The van der Waals surface area contributed by atoms with E-state index >= 15 is 0 Å². The number of pyridine rings is 1. The van der Waals surface area contributed by atoms with Crippen LogP contribution in [0.2, 0.25) is 0 Å². The van der Waals surface area contributed by atoms with Crippen LogP contribution in [0.5, 0.6) is 5.75 Å². The first-order valence-electron chi connectivity index (χ1n) is 11.0. The number of sulfonamides is 1. The van der Waals surface area contributed by atoms with Crippen molar-refractivity contribution in [2.24, 2.45) is 0 Å². The Labute approximate surface area is 195 Å². The number of aliphatic hydroxyl groups is 1. The van der Waals surface area contributed by atoms with Gasteiger partial charge in [-0.05, 0) is 67.8 Å². The van der Waals surface area contributed by atoms with Gasteiger partial charge < -0.3 is 14.7 Å². The molecule has 0 radical (unpaired) electrons. The van der Waals surface area contributed by atoms with Crippen molar-refractivity contribution in [1.29, 1.82) is 0 Å². The number of aliphatic hydroxyl groups excluding tert-OH is 1. The summed E-state index contributed by atoms with van der Waals surface area (Å²) < 4.78 is 35.0. The molecule has 7 nitrogen and oxygen atoms in total. The van der Waals surface area contributed by atoms with Gasteiger partial charge in [0.25, 0.3) is 10.0 Å². The average Bonchev–Trinajstić information content (AvgIpc) is 2.82. The van der Waals surface area contributed by atoms with E-state index in [1.54, 1.807) is 24.3 Å². The van der Waals surface area contributed by atoms with E-state index < -0.39 is 10.0 Å². The van der Waals surface area contributed by atoms with E-state index in [0.717, 1.165) is 22.6 Å². The molecule has 3 aromatic rings. The first-order chi connectivity index (χ1) is 15.8. The van der Waals surface area contributed by atoms with Gasteiger partial charge in [-0.3, -0.25) is 4.31 Å². The minimum atomic E-state index is -3.81. The minimum Gasteiger partial charge on any atom is -0.486 e. The number of fused-ring (bicyclic) bond motifs is 1. The molecule has 1 aliphatic heterocycles. The normalized spacial score (nSPS) is 15.6. The van der Waals surface area contributed by atoms with Gasteiger partial charge in [0, 0.05) is 26.3 Å². The van der Waals surface area contributed by atoms with Crippen molar-refractivity contribution in [2.45, 2.75) is 30.8 Å². The third-order valence-electron chi connectivity index (χ3n) is 5.64. The van der Waals surface area contributed by atoms with Gasteiger partial charge in [0.05, 0.1) is 22.8 Å². The highest BCUT2D eigenvalue weighted by atomic mass is 32.2. The van der Waals surface area contributed by atoms with Gasteiger partial charge in [-0.2, -0.15) is 0 Å². The fourth-order valence-corrected chi connectivity index (χ4v) is 5.51. The van der Waals surface area contributed by atoms with E-state index in [0.29, 0.717) is 24.3 Å². The number of hydrogen-bond donors (Lipinski definition) is 1. The molecule has 8 heteroatoms. The van der Waals surface area contributed by atoms with Crippen LogP contribution in [0.25, 0.3) is 11.3 Å². The molecule has 0 unspecified atom stereocenters. The van der Waals surface area contributed by atoms with Gasteiger partial charge in [0.15, 0.2) is 0 Å². The largest absolute Gasteiger partial charge is 0.486 e. The van der Waals surface area contributed by atoms with Crippen molar-refractivity contribution in [2.75, 3.05) is 36.5 Å². The second kappa shape index (κ2) is 9.41. The molecule has 0 saturated carbocycles. The van der Waals surface area contributed by atoms with Crippen molar-refractivity contribution < 1.29 is 18.3 Å². The molecule has 1 N–H and O–H groups in total. The Kier molecular flexibility index (Phi) is 6.58. The van der Waals surface area contributed by atoms with Crippen molar-refractivity contribution in [3.63, 3.8) is 0 Å². The Hall–Kier alpha value is -3.10. The van der Waals surface area contributed by atoms with Crippen molar-refractivity contribution in [1.82, 2.24) is 4.98 Å². The maximum Gasteiger partial charge on any atom is 0.264 e. The van der Waals surface area contributed by atoms with Gasteiger partial charge in [-0.15, -0.1) is 0 Å². The second-order valence-corrected chi connectivity index (χ2v) is 10.3. The Morgan fingerprint density at radius 3 is 2.64 bits per heavy atom. The van der Waals surface area contributed by atoms with Crippen molar-refractivity contribution in [3.05, 3.63) is 66.2 Å². The van der Waals surface area contributed by atoms with E-state index in [1.165, 1.54) is 4.31 Å². The van der Waals surface area contributed by atoms with Gasteiger partial charge in [-0.25, -0.2) is 13.4 Å². The molecule has 0 aliphatic carbocycles. The first kappa shape index (κ1) is 23.1. The zero-order chi connectivity index (χ0) is 23.6. The lowest BCUT2D eigenvalue weighted by atomic mass is 10.1. The zero-order valence-electron chi connectivity index (χ0n) is 19.1.